The Balaban J connectivity index is 2.66. The van der Waals surface area contributed by atoms with Gasteiger partial charge in [-0.3, -0.25) is 0 Å². The van der Waals surface area contributed by atoms with Crippen LogP contribution in [0, 0.1) is 6.92 Å². The first-order valence-corrected chi connectivity index (χ1v) is 8.00. The van der Waals surface area contributed by atoms with Crippen LogP contribution in [-0.2, 0) is 4.74 Å². The Morgan fingerprint density at radius 1 is 1.14 bits per heavy atom. The quantitative estimate of drug-likeness (QED) is 0.743. The Kier molecular flexibility index (Phi) is 5.35. The van der Waals surface area contributed by atoms with Gasteiger partial charge in [0.1, 0.15) is 5.75 Å². The van der Waals surface area contributed by atoms with E-state index in [-0.39, 0.29) is 5.97 Å². The monoisotopic (exact) mass is 302 g/mol. The molecule has 0 amide bonds. The van der Waals surface area contributed by atoms with Crippen molar-refractivity contribution in [2.75, 3.05) is 13.2 Å². The van der Waals surface area contributed by atoms with Crippen molar-refractivity contribution >= 4 is 14.2 Å². The summed E-state index contributed by atoms with van der Waals surface area (Å²) >= 11 is 0. The van der Waals surface area contributed by atoms with E-state index in [9.17, 15) is 4.79 Å². The maximum atomic E-state index is 12.3. The van der Waals surface area contributed by atoms with Crippen LogP contribution in [0.5, 0.6) is 5.75 Å². The minimum Gasteiger partial charge on any atom is -0.493 e. The second-order valence-corrected chi connectivity index (χ2v) is 5.48. The molecule has 0 aliphatic carbocycles. The predicted octanol–water partition coefficient (Wildman–Crippen LogP) is 4.82. The van der Waals surface area contributed by atoms with E-state index in [0.717, 1.165) is 30.6 Å². The molecule has 0 spiro atoms. The number of hydrogen-bond donors (Lipinski definition) is 0. The van der Waals surface area contributed by atoms with Gasteiger partial charge in [-0.25, -0.2) is 4.79 Å². The SMILES string of the molecule is CCOC(=O)c1pcc(C)c(OCC)c1-c1ccccc1. The van der Waals surface area contributed by atoms with Gasteiger partial charge in [0.25, 0.3) is 0 Å². The predicted molar refractivity (Wildman–Crippen MR) is 86.3 cm³/mol. The summed E-state index contributed by atoms with van der Waals surface area (Å²) in [6.45, 7) is 6.69. The first-order chi connectivity index (χ1) is 10.2. The normalized spacial score (nSPS) is 10.6. The van der Waals surface area contributed by atoms with Crippen molar-refractivity contribution in [3.63, 3.8) is 0 Å². The average molecular weight is 302 g/mol. The Hall–Kier alpha value is -1.86. The van der Waals surface area contributed by atoms with Crippen molar-refractivity contribution in [1.82, 2.24) is 0 Å². The molecule has 1 heterocycles. The van der Waals surface area contributed by atoms with E-state index in [1.54, 1.807) is 0 Å². The van der Waals surface area contributed by atoms with E-state index < -0.39 is 0 Å². The van der Waals surface area contributed by atoms with Crippen molar-refractivity contribution < 1.29 is 14.3 Å². The van der Waals surface area contributed by atoms with Crippen LogP contribution in [0.2, 0.25) is 0 Å². The summed E-state index contributed by atoms with van der Waals surface area (Å²) in [5.74, 6) is 2.48. The maximum absolute atomic E-state index is 12.3. The molecule has 110 valence electrons. The fraction of sp³-hybridized carbons (Fsp3) is 0.294. The van der Waals surface area contributed by atoms with E-state index in [4.69, 9.17) is 9.47 Å². The Labute approximate surface area is 127 Å². The number of hydrogen-bond acceptors (Lipinski definition) is 3. The lowest BCUT2D eigenvalue weighted by Gasteiger charge is -2.16. The zero-order valence-corrected chi connectivity index (χ0v) is 13.4. The topological polar surface area (TPSA) is 35.5 Å². The van der Waals surface area contributed by atoms with Crippen LogP contribution in [0.4, 0.5) is 0 Å². The number of aryl methyl sites for hydroxylation is 1. The molecule has 0 atom stereocenters. The summed E-state index contributed by atoms with van der Waals surface area (Å²) in [6, 6.07) is 9.85. The van der Waals surface area contributed by atoms with Crippen molar-refractivity contribution in [1.29, 1.82) is 0 Å². The molecule has 3 nitrogen and oxygen atoms in total. The molecule has 0 fully saturated rings. The van der Waals surface area contributed by atoms with Gasteiger partial charge in [0.15, 0.2) is 0 Å². The maximum Gasteiger partial charge on any atom is 0.343 e. The molecule has 0 unspecified atom stereocenters. The average Bonchev–Trinajstić information content (AvgIpc) is 2.50. The lowest BCUT2D eigenvalue weighted by Crippen LogP contribution is -2.07. The van der Waals surface area contributed by atoms with E-state index in [1.807, 2.05) is 56.9 Å². The Bertz CT molecular complexity index is 623. The summed E-state index contributed by atoms with van der Waals surface area (Å²) in [5, 5.41) is 0.636. The first kappa shape index (κ1) is 15.5. The van der Waals surface area contributed by atoms with Crippen LogP contribution < -0.4 is 4.74 Å². The van der Waals surface area contributed by atoms with Crippen molar-refractivity contribution in [3.8, 4) is 16.9 Å². The van der Waals surface area contributed by atoms with Crippen molar-refractivity contribution in [2.45, 2.75) is 20.8 Å². The summed E-state index contributed by atoms with van der Waals surface area (Å²) in [7, 11) is 0.848. The van der Waals surface area contributed by atoms with Gasteiger partial charge >= 0.3 is 5.97 Å². The number of benzene rings is 1. The molecule has 4 heteroatoms. The van der Waals surface area contributed by atoms with Crippen LogP contribution in [0.25, 0.3) is 11.1 Å². The van der Waals surface area contributed by atoms with Crippen LogP contribution in [0.15, 0.2) is 36.1 Å². The highest BCUT2D eigenvalue weighted by Gasteiger charge is 2.20. The summed E-state index contributed by atoms with van der Waals surface area (Å²) in [5.41, 5.74) is 2.87. The van der Waals surface area contributed by atoms with Crippen LogP contribution in [0.1, 0.15) is 29.5 Å². The van der Waals surface area contributed by atoms with Crippen molar-refractivity contribution in [3.05, 3.63) is 47.0 Å². The summed E-state index contributed by atoms with van der Waals surface area (Å²) in [4.78, 5) is 12.3. The van der Waals surface area contributed by atoms with Gasteiger partial charge in [0.2, 0.25) is 0 Å². The van der Waals surface area contributed by atoms with Crippen molar-refractivity contribution in [2.24, 2.45) is 0 Å². The third-order valence-electron chi connectivity index (χ3n) is 3.03. The molecule has 0 saturated carbocycles. The van der Waals surface area contributed by atoms with E-state index in [2.05, 4.69) is 0 Å². The molecule has 0 aliphatic heterocycles. The zero-order chi connectivity index (χ0) is 15.2. The fourth-order valence-electron chi connectivity index (χ4n) is 2.15. The third kappa shape index (κ3) is 3.43. The smallest absolute Gasteiger partial charge is 0.343 e. The molecule has 0 bridgehead atoms. The number of ether oxygens (including phenoxy) is 2. The van der Waals surface area contributed by atoms with Gasteiger partial charge in [-0.2, -0.15) is 0 Å². The summed E-state index contributed by atoms with van der Waals surface area (Å²) in [6.07, 6.45) is 0. The number of esters is 1. The largest absolute Gasteiger partial charge is 0.493 e. The molecule has 1 aromatic carbocycles. The highest BCUT2D eigenvalue weighted by Crippen LogP contribution is 2.40. The Morgan fingerprint density at radius 2 is 1.86 bits per heavy atom. The highest BCUT2D eigenvalue weighted by atomic mass is 31.0. The molecule has 2 rings (SSSR count). The number of rotatable bonds is 5. The minimum absolute atomic E-state index is 0.279. The van der Waals surface area contributed by atoms with Gasteiger partial charge < -0.3 is 9.47 Å². The molecular formula is C17H19O3P. The molecule has 1 aromatic heterocycles. The van der Waals surface area contributed by atoms with Gasteiger partial charge in [-0.1, -0.05) is 38.5 Å². The molecule has 21 heavy (non-hydrogen) atoms. The van der Waals surface area contributed by atoms with Gasteiger partial charge in [-0.15, -0.1) is 0 Å². The Morgan fingerprint density at radius 3 is 2.48 bits per heavy atom. The van der Waals surface area contributed by atoms with E-state index in [0.29, 0.717) is 18.5 Å². The minimum atomic E-state index is -0.279. The molecule has 0 radical (unpaired) electrons. The molecule has 0 aliphatic rings. The van der Waals surface area contributed by atoms with Gasteiger partial charge in [0.05, 0.1) is 18.5 Å². The fourth-order valence-corrected chi connectivity index (χ4v) is 3.12. The van der Waals surface area contributed by atoms with E-state index >= 15 is 0 Å². The third-order valence-corrected chi connectivity index (χ3v) is 4.21. The van der Waals surface area contributed by atoms with E-state index in [1.165, 1.54) is 0 Å². The molecule has 0 N–H and O–H groups in total. The van der Waals surface area contributed by atoms with Crippen LogP contribution >= 0.6 is 8.19 Å². The second kappa shape index (κ2) is 7.24. The lowest BCUT2D eigenvalue weighted by molar-refractivity contribution is 0.0532. The van der Waals surface area contributed by atoms with Crippen LogP contribution in [-0.4, -0.2) is 19.2 Å². The number of carbonyl (C=O) groups is 1. The standard InChI is InChI=1S/C17H19O3P/c1-4-19-15-12(3)11-21-16(17(18)20-5-2)14(15)13-9-7-6-8-10-13/h6-11H,4-5H2,1-3H3. The molecule has 0 saturated heterocycles. The number of carbonyl (C=O) groups excluding carboxylic acids is 1. The van der Waals surface area contributed by atoms with Crippen LogP contribution in [0.3, 0.4) is 0 Å². The highest BCUT2D eigenvalue weighted by molar-refractivity contribution is 7.32. The lowest BCUT2D eigenvalue weighted by atomic mass is 10.0. The summed E-state index contributed by atoms with van der Waals surface area (Å²) < 4.78 is 11.0. The molecule has 2 aromatic rings. The zero-order valence-electron chi connectivity index (χ0n) is 12.6. The van der Waals surface area contributed by atoms with Gasteiger partial charge in [-0.05, 0) is 37.7 Å². The first-order valence-electron chi connectivity index (χ1n) is 7.04. The molecular weight excluding hydrogens is 283 g/mol. The second-order valence-electron chi connectivity index (χ2n) is 4.51. The van der Waals surface area contributed by atoms with Gasteiger partial charge in [0, 0.05) is 5.56 Å².